The number of aromatic amines is 1. The monoisotopic (exact) mass is 493 g/mol. The molecule has 1 aromatic heterocycles. The first-order valence-electron chi connectivity index (χ1n) is 9.29. The van der Waals surface area contributed by atoms with E-state index < -0.39 is 20.3 Å². The number of thioether (sulfide) groups is 1. The number of carbonyl (C=O) groups is 1. The molecule has 0 saturated heterocycles. The van der Waals surface area contributed by atoms with Crippen LogP contribution in [0, 0.1) is 13.8 Å². The number of halogens is 1. The minimum absolute atomic E-state index is 0.0174. The molecular weight excluding hydrogens is 474 g/mol. The van der Waals surface area contributed by atoms with E-state index in [4.69, 9.17) is 16.3 Å². The van der Waals surface area contributed by atoms with E-state index in [-0.39, 0.29) is 26.7 Å². The minimum Gasteiger partial charge on any atom is -0.495 e. The Balaban J connectivity index is 1.73. The molecule has 8 nitrogen and oxygen atoms in total. The first-order chi connectivity index (χ1) is 15.1. The summed E-state index contributed by atoms with van der Waals surface area (Å²) in [6.07, 6.45) is 0.969. The molecule has 0 aliphatic heterocycles. The zero-order valence-corrected chi connectivity index (χ0v) is 19.8. The Morgan fingerprint density at radius 2 is 1.97 bits per heavy atom. The summed E-state index contributed by atoms with van der Waals surface area (Å²) in [6.45, 7) is 3.85. The molecule has 0 bridgehead atoms. The number of rotatable bonds is 7. The van der Waals surface area contributed by atoms with Crippen molar-refractivity contribution >= 4 is 44.8 Å². The zero-order chi connectivity index (χ0) is 23.5. The van der Waals surface area contributed by atoms with Crippen LogP contribution in [0.25, 0.3) is 0 Å². The molecule has 1 heterocycles. The Morgan fingerprint density at radius 3 is 2.59 bits per heavy atom. The molecule has 1 amide bonds. The van der Waals surface area contributed by atoms with E-state index in [9.17, 15) is 18.0 Å². The quantitative estimate of drug-likeness (QED) is 0.381. The van der Waals surface area contributed by atoms with Crippen LogP contribution in [0.1, 0.15) is 11.1 Å². The molecule has 0 saturated carbocycles. The number of carbonyl (C=O) groups excluding carboxylic acids is 1. The van der Waals surface area contributed by atoms with Crippen LogP contribution in [0.4, 0.5) is 5.69 Å². The maximum Gasteiger partial charge on any atom is 0.270 e. The van der Waals surface area contributed by atoms with E-state index in [1.165, 1.54) is 25.3 Å². The second-order valence-corrected chi connectivity index (χ2v) is 10.1. The number of hydrogen-bond acceptors (Lipinski definition) is 7. The van der Waals surface area contributed by atoms with Crippen LogP contribution in [0.2, 0.25) is 5.02 Å². The molecule has 0 spiro atoms. The maximum absolute atomic E-state index is 12.8. The summed E-state index contributed by atoms with van der Waals surface area (Å²) in [7, 11) is -2.74. The molecule has 2 aromatic carbocycles. The van der Waals surface area contributed by atoms with Gasteiger partial charge in [0.05, 0.1) is 29.0 Å². The van der Waals surface area contributed by atoms with Crippen molar-refractivity contribution in [1.82, 2.24) is 9.97 Å². The van der Waals surface area contributed by atoms with Crippen molar-refractivity contribution in [1.29, 1.82) is 0 Å². The molecule has 0 aliphatic rings. The molecule has 0 unspecified atom stereocenters. The third-order valence-corrected chi connectivity index (χ3v) is 7.39. The van der Waals surface area contributed by atoms with Crippen molar-refractivity contribution in [3.63, 3.8) is 0 Å². The van der Waals surface area contributed by atoms with Crippen molar-refractivity contribution in [2.45, 2.75) is 28.8 Å². The van der Waals surface area contributed by atoms with Gasteiger partial charge in [-0.05, 0) is 43.7 Å². The van der Waals surface area contributed by atoms with E-state index in [0.29, 0.717) is 11.4 Å². The highest BCUT2D eigenvalue weighted by Gasteiger charge is 2.23. The average molecular weight is 494 g/mol. The first kappa shape index (κ1) is 23.8. The summed E-state index contributed by atoms with van der Waals surface area (Å²) in [5.41, 5.74) is 1.87. The van der Waals surface area contributed by atoms with Crippen molar-refractivity contribution in [3.05, 3.63) is 69.1 Å². The SMILES string of the molecule is COc1ccc(S(=O)(=O)c2cnc(SCC(=O)Nc3ccc(C)cc3C)[nH]c2=O)cc1Cl. The number of sulfone groups is 1. The summed E-state index contributed by atoms with van der Waals surface area (Å²) in [5.74, 6) is 0.00821. The molecule has 32 heavy (non-hydrogen) atoms. The lowest BCUT2D eigenvalue weighted by atomic mass is 10.1. The molecular formula is C21H20ClN3O5S2. The highest BCUT2D eigenvalue weighted by Crippen LogP contribution is 2.29. The van der Waals surface area contributed by atoms with Gasteiger partial charge in [-0.1, -0.05) is 41.1 Å². The molecule has 3 rings (SSSR count). The van der Waals surface area contributed by atoms with Crippen LogP contribution in [-0.4, -0.2) is 37.2 Å². The highest BCUT2D eigenvalue weighted by atomic mass is 35.5. The van der Waals surface area contributed by atoms with Gasteiger partial charge in [-0.2, -0.15) is 0 Å². The topological polar surface area (TPSA) is 118 Å². The van der Waals surface area contributed by atoms with Crippen molar-refractivity contribution in [3.8, 4) is 5.75 Å². The summed E-state index contributed by atoms with van der Waals surface area (Å²) in [4.78, 5) is 30.4. The number of ether oxygens (including phenoxy) is 1. The summed E-state index contributed by atoms with van der Waals surface area (Å²) >= 11 is 6.98. The fourth-order valence-corrected chi connectivity index (χ4v) is 5.06. The summed E-state index contributed by atoms with van der Waals surface area (Å²) in [5, 5.41) is 3.02. The summed E-state index contributed by atoms with van der Waals surface area (Å²) in [6, 6.07) is 9.56. The van der Waals surface area contributed by atoms with Gasteiger partial charge in [-0.3, -0.25) is 9.59 Å². The Labute approximate surface area is 194 Å². The molecule has 168 valence electrons. The second-order valence-electron chi connectivity index (χ2n) is 6.84. The molecule has 3 aromatic rings. The minimum atomic E-state index is -4.15. The zero-order valence-electron chi connectivity index (χ0n) is 17.4. The second kappa shape index (κ2) is 9.76. The van der Waals surface area contributed by atoms with Gasteiger partial charge in [-0.25, -0.2) is 13.4 Å². The Bertz CT molecular complexity index is 1340. The lowest BCUT2D eigenvalue weighted by Crippen LogP contribution is -2.20. The molecule has 2 N–H and O–H groups in total. The van der Waals surface area contributed by atoms with Crippen LogP contribution < -0.4 is 15.6 Å². The standard InChI is InChI=1S/C21H20ClN3O5S2/c1-12-4-6-16(13(2)8-12)24-19(26)11-31-21-23-10-18(20(27)25-21)32(28,29)14-5-7-17(30-3)15(22)9-14/h4-10H,11H2,1-3H3,(H,24,26)(H,23,25,27). The van der Waals surface area contributed by atoms with Crippen LogP contribution >= 0.6 is 23.4 Å². The summed E-state index contributed by atoms with van der Waals surface area (Å²) < 4.78 is 30.6. The Kier molecular flexibility index (Phi) is 7.27. The van der Waals surface area contributed by atoms with Gasteiger partial charge in [-0.15, -0.1) is 0 Å². The smallest absolute Gasteiger partial charge is 0.270 e. The molecule has 0 fully saturated rings. The van der Waals surface area contributed by atoms with Crippen molar-refractivity contribution < 1.29 is 17.9 Å². The van der Waals surface area contributed by atoms with Crippen LogP contribution in [0.5, 0.6) is 5.75 Å². The van der Waals surface area contributed by atoms with E-state index in [1.807, 2.05) is 32.0 Å². The van der Waals surface area contributed by atoms with Gasteiger partial charge in [0.25, 0.3) is 5.56 Å². The maximum atomic E-state index is 12.8. The average Bonchev–Trinajstić information content (AvgIpc) is 2.74. The first-order valence-corrected chi connectivity index (χ1v) is 12.1. The lowest BCUT2D eigenvalue weighted by Gasteiger charge is -2.09. The van der Waals surface area contributed by atoms with Crippen molar-refractivity contribution in [2.24, 2.45) is 0 Å². The van der Waals surface area contributed by atoms with Crippen LogP contribution in [-0.2, 0) is 14.6 Å². The number of amides is 1. The highest BCUT2D eigenvalue weighted by molar-refractivity contribution is 7.99. The third kappa shape index (κ3) is 5.32. The number of aryl methyl sites for hydroxylation is 2. The van der Waals surface area contributed by atoms with E-state index in [0.717, 1.165) is 29.1 Å². The third-order valence-electron chi connectivity index (χ3n) is 4.46. The number of benzene rings is 2. The van der Waals surface area contributed by atoms with Gasteiger partial charge in [0.15, 0.2) is 10.1 Å². The fourth-order valence-electron chi connectivity index (χ4n) is 2.85. The largest absolute Gasteiger partial charge is 0.495 e. The number of hydrogen-bond donors (Lipinski definition) is 2. The Morgan fingerprint density at radius 1 is 1.22 bits per heavy atom. The molecule has 0 aliphatic carbocycles. The number of aromatic nitrogens is 2. The van der Waals surface area contributed by atoms with Crippen LogP contribution in [0.3, 0.4) is 0 Å². The number of H-pyrrole nitrogens is 1. The van der Waals surface area contributed by atoms with Gasteiger partial charge in [0.2, 0.25) is 15.7 Å². The number of anilines is 1. The van der Waals surface area contributed by atoms with Gasteiger partial charge in [0, 0.05) is 5.69 Å². The van der Waals surface area contributed by atoms with E-state index >= 15 is 0 Å². The van der Waals surface area contributed by atoms with E-state index in [1.54, 1.807) is 0 Å². The van der Waals surface area contributed by atoms with E-state index in [2.05, 4.69) is 15.3 Å². The lowest BCUT2D eigenvalue weighted by molar-refractivity contribution is -0.113. The number of nitrogens with one attached hydrogen (secondary N) is 2. The number of nitrogens with zero attached hydrogens (tertiary/aromatic N) is 1. The molecule has 0 atom stereocenters. The normalized spacial score (nSPS) is 11.2. The van der Waals surface area contributed by atoms with Gasteiger partial charge in [0.1, 0.15) is 5.75 Å². The van der Waals surface area contributed by atoms with Gasteiger partial charge < -0.3 is 15.0 Å². The predicted octanol–water partition coefficient (Wildman–Crippen LogP) is 3.61. The van der Waals surface area contributed by atoms with Gasteiger partial charge >= 0.3 is 0 Å². The molecule has 0 radical (unpaired) electrons. The Hall–Kier alpha value is -2.82. The molecule has 11 heteroatoms. The van der Waals surface area contributed by atoms with Crippen molar-refractivity contribution in [2.75, 3.05) is 18.2 Å². The number of methoxy groups -OCH3 is 1. The fraction of sp³-hybridized carbons (Fsp3) is 0.190. The predicted molar refractivity (Wildman–Crippen MR) is 124 cm³/mol. The van der Waals surface area contributed by atoms with Crippen LogP contribution in [0.15, 0.2) is 62.3 Å².